The lowest BCUT2D eigenvalue weighted by atomic mass is 9.56. The van der Waals surface area contributed by atoms with E-state index in [1.807, 2.05) is 12.1 Å². The maximum atomic E-state index is 9.70. The van der Waals surface area contributed by atoms with Gasteiger partial charge in [-0.05, 0) is 199 Å². The quantitative estimate of drug-likeness (QED) is 0.293. The summed E-state index contributed by atoms with van der Waals surface area (Å²) in [7, 11) is 1.77. The molecule has 4 heteroatoms. The SMILES string of the molecule is COc1ccc2c(c1)CCC1C2CC[C@]2(C)C(I)=CCC12.C[C@]12CCC3c4ccc(O)cc4CCC3C1CC=C2I. The molecule has 2 nitrogen and oxygen atoms in total. The number of allylic oxidation sites excluding steroid dienone is 4. The minimum absolute atomic E-state index is 0.430. The van der Waals surface area contributed by atoms with E-state index in [2.05, 4.69) is 95.4 Å². The van der Waals surface area contributed by atoms with Gasteiger partial charge in [0.2, 0.25) is 0 Å². The molecule has 0 heterocycles. The van der Waals surface area contributed by atoms with Crippen LogP contribution in [0.3, 0.4) is 0 Å². The standard InChI is InChI=1S/C19H23IO.C18H21IO/c1-19-10-9-15-14-6-4-13(21-2)11-12(14)3-5-16(15)17(19)7-8-18(19)20;1-18-9-8-14-13-5-3-12(20)10-11(13)2-4-15(14)16(18)6-7-17(18)19/h4,6,8,11,15-17H,3,5,7,9-10H2,1-2H3;3,5,7,10,14-16,20H,2,4,6,8-9H2,1H3/t15?,16?,17?,19-;14?,15?,16?,18-/m00/s1. The van der Waals surface area contributed by atoms with Crippen molar-refractivity contribution in [3.8, 4) is 11.5 Å². The lowest BCUT2D eigenvalue weighted by molar-refractivity contribution is 0.0814. The number of phenolic OH excluding ortho intramolecular Hbond substituents is 1. The number of rotatable bonds is 1. The van der Waals surface area contributed by atoms with Crippen LogP contribution in [0.1, 0.15) is 99.3 Å². The van der Waals surface area contributed by atoms with E-state index >= 15 is 0 Å². The minimum atomic E-state index is 0.430. The Morgan fingerprint density at radius 1 is 0.732 bits per heavy atom. The molecule has 41 heavy (non-hydrogen) atoms. The molecule has 0 spiro atoms. The predicted molar refractivity (Wildman–Crippen MR) is 185 cm³/mol. The summed E-state index contributed by atoms with van der Waals surface area (Å²) in [5.41, 5.74) is 7.02. The fourth-order valence-electron chi connectivity index (χ4n) is 10.3. The van der Waals surface area contributed by atoms with E-state index in [9.17, 15) is 5.11 Å². The van der Waals surface area contributed by atoms with Crippen LogP contribution >= 0.6 is 45.2 Å². The van der Waals surface area contributed by atoms with Gasteiger partial charge in [-0.2, -0.15) is 0 Å². The van der Waals surface area contributed by atoms with Gasteiger partial charge in [0.25, 0.3) is 0 Å². The number of phenols is 1. The largest absolute Gasteiger partial charge is 0.508 e. The van der Waals surface area contributed by atoms with E-state index < -0.39 is 0 Å². The number of hydrogen-bond donors (Lipinski definition) is 1. The van der Waals surface area contributed by atoms with Gasteiger partial charge in [-0.1, -0.05) is 38.1 Å². The van der Waals surface area contributed by atoms with Crippen molar-refractivity contribution in [3.05, 3.63) is 78.0 Å². The highest BCUT2D eigenvalue weighted by molar-refractivity contribution is 14.1. The van der Waals surface area contributed by atoms with Gasteiger partial charge in [0.1, 0.15) is 11.5 Å². The van der Waals surface area contributed by atoms with Crippen LogP contribution in [0.25, 0.3) is 0 Å². The smallest absolute Gasteiger partial charge is 0.119 e. The molecule has 2 aromatic carbocycles. The zero-order valence-corrected chi connectivity index (χ0v) is 29.1. The topological polar surface area (TPSA) is 29.5 Å². The summed E-state index contributed by atoms with van der Waals surface area (Å²) in [5.74, 6) is 6.40. The van der Waals surface area contributed by atoms with Crippen LogP contribution < -0.4 is 4.74 Å². The summed E-state index contributed by atoms with van der Waals surface area (Å²) in [6.45, 7) is 5.01. The number of aryl methyl sites for hydroxylation is 2. The van der Waals surface area contributed by atoms with E-state index in [0.29, 0.717) is 16.6 Å². The first-order chi connectivity index (χ1) is 19.7. The summed E-state index contributed by atoms with van der Waals surface area (Å²) in [6.07, 6.45) is 18.0. The lowest BCUT2D eigenvalue weighted by Crippen LogP contribution is -2.40. The first-order valence-corrected chi connectivity index (χ1v) is 18.1. The Labute approximate surface area is 274 Å². The normalized spacial score (nSPS) is 38.0. The van der Waals surface area contributed by atoms with Gasteiger partial charge in [-0.15, -0.1) is 0 Å². The second-order valence-electron chi connectivity index (χ2n) is 14.3. The van der Waals surface area contributed by atoms with Crippen molar-refractivity contribution >= 4 is 45.2 Å². The van der Waals surface area contributed by atoms with Crippen LogP contribution in [0, 0.1) is 34.5 Å². The number of methoxy groups -OCH3 is 1. The number of halogens is 2. The molecule has 2 fully saturated rings. The zero-order chi connectivity index (χ0) is 28.5. The Kier molecular flexibility index (Phi) is 7.61. The number of fused-ring (bicyclic) bond motifs is 10. The van der Waals surface area contributed by atoms with Crippen LogP contribution in [-0.2, 0) is 12.8 Å². The Morgan fingerprint density at radius 3 is 1.78 bits per heavy atom. The van der Waals surface area contributed by atoms with Crippen molar-refractivity contribution in [2.45, 2.75) is 89.9 Å². The van der Waals surface area contributed by atoms with E-state index in [-0.39, 0.29) is 0 Å². The summed E-state index contributed by atoms with van der Waals surface area (Å²) in [5, 5.41) is 9.70. The molecule has 0 aliphatic heterocycles. The highest BCUT2D eigenvalue weighted by Gasteiger charge is 2.52. The average Bonchev–Trinajstić information content (AvgIpc) is 3.46. The first-order valence-electron chi connectivity index (χ1n) is 15.9. The second-order valence-corrected chi connectivity index (χ2v) is 16.6. The third-order valence-corrected chi connectivity index (χ3v) is 16.0. The molecule has 218 valence electrons. The molecular weight excluding hydrogens is 730 g/mol. The Hall–Kier alpha value is -1.02. The van der Waals surface area contributed by atoms with Crippen LogP contribution in [0.4, 0.5) is 0 Å². The Bertz CT molecular complexity index is 1410. The summed E-state index contributed by atoms with van der Waals surface area (Å²) in [6, 6.07) is 12.8. The number of ether oxygens (including phenoxy) is 1. The van der Waals surface area contributed by atoms with Gasteiger partial charge in [0, 0.05) is 10.8 Å². The monoisotopic (exact) mass is 774 g/mol. The molecule has 0 bridgehead atoms. The van der Waals surface area contributed by atoms with Crippen molar-refractivity contribution in [1.82, 2.24) is 0 Å². The van der Waals surface area contributed by atoms with E-state index in [1.165, 1.54) is 68.9 Å². The maximum absolute atomic E-state index is 9.70. The molecule has 0 aromatic heterocycles. The Balaban J connectivity index is 0.000000135. The molecule has 0 saturated heterocycles. The molecule has 6 aliphatic carbocycles. The van der Waals surface area contributed by atoms with Gasteiger partial charge in [-0.3, -0.25) is 0 Å². The highest BCUT2D eigenvalue weighted by Crippen LogP contribution is 2.63. The van der Waals surface area contributed by atoms with Crippen molar-refractivity contribution in [2.24, 2.45) is 34.5 Å². The summed E-state index contributed by atoms with van der Waals surface area (Å²) >= 11 is 5.18. The van der Waals surface area contributed by atoms with Crippen molar-refractivity contribution in [1.29, 1.82) is 0 Å². The van der Waals surface area contributed by atoms with E-state index in [4.69, 9.17) is 4.74 Å². The van der Waals surface area contributed by atoms with Gasteiger partial charge in [0.15, 0.2) is 0 Å². The highest BCUT2D eigenvalue weighted by atomic mass is 127. The zero-order valence-electron chi connectivity index (χ0n) is 24.8. The number of hydrogen-bond acceptors (Lipinski definition) is 2. The van der Waals surface area contributed by atoms with Gasteiger partial charge >= 0.3 is 0 Å². The summed E-state index contributed by atoms with van der Waals surface area (Å²) < 4.78 is 8.64. The van der Waals surface area contributed by atoms with Crippen molar-refractivity contribution < 1.29 is 9.84 Å². The third-order valence-electron chi connectivity index (χ3n) is 12.6. The Morgan fingerprint density at radius 2 is 1.24 bits per heavy atom. The fraction of sp³-hybridized carbons (Fsp3) is 0.568. The lowest BCUT2D eigenvalue weighted by Gasteiger charge is -2.49. The molecule has 2 saturated carbocycles. The minimum Gasteiger partial charge on any atom is -0.508 e. The predicted octanol–water partition coefficient (Wildman–Crippen LogP) is 10.7. The molecule has 6 unspecified atom stereocenters. The molecule has 1 N–H and O–H groups in total. The van der Waals surface area contributed by atoms with E-state index in [0.717, 1.165) is 47.7 Å². The van der Waals surface area contributed by atoms with Gasteiger partial charge in [0.05, 0.1) is 7.11 Å². The van der Waals surface area contributed by atoms with Crippen LogP contribution in [0.5, 0.6) is 11.5 Å². The molecular formula is C37H44I2O2. The number of benzene rings is 2. The van der Waals surface area contributed by atoms with Crippen LogP contribution in [0.15, 0.2) is 55.7 Å². The van der Waals surface area contributed by atoms with E-state index in [1.54, 1.807) is 25.4 Å². The summed E-state index contributed by atoms with van der Waals surface area (Å²) in [4.78, 5) is 0. The van der Waals surface area contributed by atoms with Gasteiger partial charge in [-0.25, -0.2) is 0 Å². The molecule has 0 radical (unpaired) electrons. The fourth-order valence-corrected chi connectivity index (χ4v) is 12.1. The van der Waals surface area contributed by atoms with Crippen molar-refractivity contribution in [3.63, 3.8) is 0 Å². The van der Waals surface area contributed by atoms with Crippen LogP contribution in [0.2, 0.25) is 0 Å². The molecule has 8 atom stereocenters. The average molecular weight is 775 g/mol. The molecule has 6 aliphatic rings. The first kappa shape index (κ1) is 28.7. The third kappa shape index (κ3) is 4.66. The molecule has 8 rings (SSSR count). The molecule has 2 aromatic rings. The van der Waals surface area contributed by atoms with Crippen molar-refractivity contribution in [2.75, 3.05) is 7.11 Å². The second kappa shape index (κ2) is 10.9. The van der Waals surface area contributed by atoms with Crippen LogP contribution in [-0.4, -0.2) is 12.2 Å². The number of aromatic hydroxyl groups is 1. The maximum Gasteiger partial charge on any atom is 0.119 e. The molecule has 0 amide bonds. The van der Waals surface area contributed by atoms with Gasteiger partial charge < -0.3 is 9.84 Å².